The van der Waals surface area contributed by atoms with E-state index in [2.05, 4.69) is 36.0 Å². The Hall–Kier alpha value is -0.450. The van der Waals surface area contributed by atoms with Crippen LogP contribution in [-0.2, 0) is 13.0 Å². The molecule has 4 heteroatoms. The van der Waals surface area contributed by atoms with Gasteiger partial charge >= 0.3 is 0 Å². The maximum atomic E-state index is 5.54. The van der Waals surface area contributed by atoms with Gasteiger partial charge in [0.15, 0.2) is 0 Å². The fraction of sp³-hybridized carbons (Fsp3) is 0.769. The molecule has 1 aromatic rings. The first-order valence-electron chi connectivity index (χ1n) is 6.55. The number of hydrogen-bond donors (Lipinski definition) is 1. The van der Waals surface area contributed by atoms with E-state index in [1.54, 1.807) is 11.3 Å². The molecule has 1 rings (SSSR count). The summed E-state index contributed by atoms with van der Waals surface area (Å²) < 4.78 is 0. The fourth-order valence-electron chi connectivity index (χ4n) is 1.76. The van der Waals surface area contributed by atoms with Crippen LogP contribution < -0.4 is 5.73 Å². The molecule has 0 amide bonds. The van der Waals surface area contributed by atoms with Crippen LogP contribution >= 0.6 is 11.3 Å². The minimum Gasteiger partial charge on any atom is -0.330 e. The highest BCUT2D eigenvalue weighted by atomic mass is 32.1. The molecule has 1 heterocycles. The van der Waals surface area contributed by atoms with Gasteiger partial charge in [-0.1, -0.05) is 27.2 Å². The number of rotatable bonds is 8. The summed E-state index contributed by atoms with van der Waals surface area (Å²) >= 11 is 1.73. The molecule has 0 saturated carbocycles. The molecule has 3 nitrogen and oxygen atoms in total. The van der Waals surface area contributed by atoms with Gasteiger partial charge < -0.3 is 5.73 Å². The Kier molecular flexibility index (Phi) is 6.70. The third-order valence-electron chi connectivity index (χ3n) is 3.06. The Morgan fingerprint density at radius 3 is 2.82 bits per heavy atom. The predicted molar refractivity (Wildman–Crippen MR) is 75.3 cm³/mol. The predicted octanol–water partition coefficient (Wildman–Crippen LogP) is 2.51. The van der Waals surface area contributed by atoms with Crippen molar-refractivity contribution in [2.24, 2.45) is 11.7 Å². The lowest BCUT2D eigenvalue weighted by molar-refractivity contribution is 0.236. The van der Waals surface area contributed by atoms with Crippen molar-refractivity contribution in [3.63, 3.8) is 0 Å². The molecule has 1 unspecified atom stereocenters. The molecule has 0 radical (unpaired) electrons. The molecule has 17 heavy (non-hydrogen) atoms. The zero-order chi connectivity index (χ0) is 12.7. The first kappa shape index (κ1) is 14.6. The molecule has 0 aromatic carbocycles. The molecular formula is C13H25N3S. The summed E-state index contributed by atoms with van der Waals surface area (Å²) in [5.41, 5.74) is 6.74. The highest BCUT2D eigenvalue weighted by molar-refractivity contribution is 7.09. The Morgan fingerprint density at radius 1 is 1.47 bits per heavy atom. The summed E-state index contributed by atoms with van der Waals surface area (Å²) in [4.78, 5) is 7.09. The topological polar surface area (TPSA) is 42.1 Å². The zero-order valence-corrected chi connectivity index (χ0v) is 12.1. The van der Waals surface area contributed by atoms with Crippen LogP contribution in [0.5, 0.6) is 0 Å². The number of aromatic nitrogens is 1. The molecule has 2 N–H and O–H groups in total. The van der Waals surface area contributed by atoms with Crippen molar-refractivity contribution in [1.29, 1.82) is 0 Å². The normalized spacial score (nSPS) is 13.2. The summed E-state index contributed by atoms with van der Waals surface area (Å²) in [7, 11) is 0. The Labute approximate surface area is 109 Å². The second kappa shape index (κ2) is 7.80. The highest BCUT2D eigenvalue weighted by Gasteiger charge is 2.10. The van der Waals surface area contributed by atoms with Gasteiger partial charge in [-0.15, -0.1) is 11.3 Å². The third kappa shape index (κ3) is 5.15. The summed E-state index contributed by atoms with van der Waals surface area (Å²) in [6, 6.07) is 0. The number of nitrogens with zero attached hydrogens (tertiary/aromatic N) is 2. The van der Waals surface area contributed by atoms with Gasteiger partial charge in [0, 0.05) is 24.9 Å². The van der Waals surface area contributed by atoms with Gasteiger partial charge in [-0.05, 0) is 19.0 Å². The number of hydrogen-bond acceptors (Lipinski definition) is 4. The van der Waals surface area contributed by atoms with E-state index < -0.39 is 0 Å². The third-order valence-corrected chi connectivity index (χ3v) is 4.01. The van der Waals surface area contributed by atoms with Crippen molar-refractivity contribution in [2.45, 2.75) is 40.2 Å². The molecule has 0 fully saturated rings. The number of thiazole rings is 1. The molecule has 98 valence electrons. The number of nitrogens with two attached hydrogens (primary N) is 1. The van der Waals surface area contributed by atoms with Gasteiger partial charge in [-0.25, -0.2) is 4.98 Å². The summed E-state index contributed by atoms with van der Waals surface area (Å²) in [5.74, 6) is 0.761. The Balaban J connectivity index is 2.48. The molecule has 0 aliphatic rings. The van der Waals surface area contributed by atoms with Crippen LogP contribution in [0.15, 0.2) is 5.38 Å². The van der Waals surface area contributed by atoms with Gasteiger partial charge in [0.1, 0.15) is 0 Å². The average molecular weight is 255 g/mol. The second-order valence-electron chi connectivity index (χ2n) is 4.61. The van der Waals surface area contributed by atoms with Gasteiger partial charge in [0.25, 0.3) is 0 Å². The van der Waals surface area contributed by atoms with Gasteiger partial charge in [0.05, 0.1) is 10.7 Å². The summed E-state index contributed by atoms with van der Waals surface area (Å²) in [5, 5.41) is 3.34. The van der Waals surface area contributed by atoms with E-state index in [0.29, 0.717) is 6.54 Å². The summed E-state index contributed by atoms with van der Waals surface area (Å²) in [6.45, 7) is 10.7. The van der Waals surface area contributed by atoms with Crippen LogP contribution in [0.25, 0.3) is 0 Å². The van der Waals surface area contributed by atoms with Gasteiger partial charge in [0.2, 0.25) is 0 Å². The average Bonchev–Trinajstić information content (AvgIpc) is 2.76. The SMILES string of the molecule is CCC(C)CN(CC)Cc1csc(CCN)n1. The fourth-order valence-corrected chi connectivity index (χ4v) is 2.57. The van der Waals surface area contributed by atoms with Gasteiger partial charge in [-0.3, -0.25) is 4.90 Å². The highest BCUT2D eigenvalue weighted by Crippen LogP contribution is 2.13. The van der Waals surface area contributed by atoms with Crippen molar-refractivity contribution >= 4 is 11.3 Å². The lowest BCUT2D eigenvalue weighted by Crippen LogP contribution is -2.28. The lowest BCUT2D eigenvalue weighted by atomic mass is 10.1. The zero-order valence-electron chi connectivity index (χ0n) is 11.3. The summed E-state index contributed by atoms with van der Waals surface area (Å²) in [6.07, 6.45) is 2.15. The molecule has 1 atom stereocenters. The first-order valence-corrected chi connectivity index (χ1v) is 7.43. The van der Waals surface area contributed by atoms with Crippen molar-refractivity contribution in [3.05, 3.63) is 16.1 Å². The van der Waals surface area contributed by atoms with Gasteiger partial charge in [-0.2, -0.15) is 0 Å². The molecule has 0 aliphatic carbocycles. The van der Waals surface area contributed by atoms with E-state index in [0.717, 1.165) is 32.0 Å². The second-order valence-corrected chi connectivity index (χ2v) is 5.56. The van der Waals surface area contributed by atoms with E-state index in [1.807, 2.05) is 0 Å². The van der Waals surface area contributed by atoms with Crippen LogP contribution in [0.3, 0.4) is 0 Å². The van der Waals surface area contributed by atoms with Crippen LogP contribution in [0.2, 0.25) is 0 Å². The van der Waals surface area contributed by atoms with Crippen molar-refractivity contribution in [2.75, 3.05) is 19.6 Å². The minimum atomic E-state index is 0.692. The van der Waals surface area contributed by atoms with E-state index in [-0.39, 0.29) is 0 Å². The molecule has 0 bridgehead atoms. The molecule has 1 aromatic heterocycles. The maximum absolute atomic E-state index is 5.54. The Morgan fingerprint density at radius 2 is 2.24 bits per heavy atom. The monoisotopic (exact) mass is 255 g/mol. The van der Waals surface area contributed by atoms with E-state index in [1.165, 1.54) is 17.1 Å². The van der Waals surface area contributed by atoms with E-state index in [4.69, 9.17) is 5.73 Å². The maximum Gasteiger partial charge on any atom is 0.0941 e. The van der Waals surface area contributed by atoms with Crippen LogP contribution in [0, 0.1) is 5.92 Å². The molecule has 0 saturated heterocycles. The smallest absolute Gasteiger partial charge is 0.0941 e. The van der Waals surface area contributed by atoms with Crippen molar-refractivity contribution in [3.8, 4) is 0 Å². The standard InChI is InChI=1S/C13H25N3S/c1-4-11(3)8-16(5-2)9-12-10-17-13(15-12)6-7-14/h10-11H,4-9,14H2,1-3H3. The largest absolute Gasteiger partial charge is 0.330 e. The molecule has 0 aliphatic heterocycles. The van der Waals surface area contributed by atoms with Crippen LogP contribution in [0.4, 0.5) is 0 Å². The minimum absolute atomic E-state index is 0.692. The molecule has 0 spiro atoms. The van der Waals surface area contributed by atoms with Crippen LogP contribution in [-0.4, -0.2) is 29.5 Å². The Bertz CT molecular complexity index is 311. The first-order chi connectivity index (χ1) is 8.19. The van der Waals surface area contributed by atoms with Crippen molar-refractivity contribution < 1.29 is 0 Å². The van der Waals surface area contributed by atoms with Crippen molar-refractivity contribution in [1.82, 2.24) is 9.88 Å². The van der Waals surface area contributed by atoms with Crippen LogP contribution in [0.1, 0.15) is 37.9 Å². The van der Waals surface area contributed by atoms with E-state index in [9.17, 15) is 0 Å². The van der Waals surface area contributed by atoms with E-state index >= 15 is 0 Å². The molecular weight excluding hydrogens is 230 g/mol. The quantitative estimate of drug-likeness (QED) is 0.776. The lowest BCUT2D eigenvalue weighted by Gasteiger charge is -2.22.